The molecule has 0 atom stereocenters. The first-order valence-electron chi connectivity index (χ1n) is 11.0. The number of carbonyl (C=O) groups is 1. The van der Waals surface area contributed by atoms with Crippen molar-refractivity contribution in [2.75, 3.05) is 57.5 Å². The minimum absolute atomic E-state index is 0.0716. The van der Waals surface area contributed by atoms with E-state index in [1.54, 1.807) is 7.11 Å². The van der Waals surface area contributed by atoms with Crippen LogP contribution in [0.4, 0.5) is 17.2 Å². The van der Waals surface area contributed by atoms with Gasteiger partial charge in [-0.15, -0.1) is 0 Å². The molecule has 2 heterocycles. The van der Waals surface area contributed by atoms with Crippen molar-refractivity contribution in [2.45, 2.75) is 6.92 Å². The van der Waals surface area contributed by atoms with Crippen LogP contribution >= 0.6 is 0 Å². The van der Waals surface area contributed by atoms with E-state index in [9.17, 15) is 4.79 Å². The number of hydrogen-bond donors (Lipinski definition) is 2. The topological polar surface area (TPSA) is 82.6 Å². The summed E-state index contributed by atoms with van der Waals surface area (Å²) in [5.41, 5.74) is 4.25. The van der Waals surface area contributed by atoms with Gasteiger partial charge in [0.2, 0.25) is 5.91 Å². The maximum Gasteiger partial charge on any atom is 0.238 e. The molecule has 3 aromatic rings. The lowest BCUT2D eigenvalue weighted by molar-refractivity contribution is -0.117. The normalized spacial score (nSPS) is 14.8. The summed E-state index contributed by atoms with van der Waals surface area (Å²) < 4.78 is 5.53. The van der Waals surface area contributed by atoms with Gasteiger partial charge in [-0.25, -0.2) is 9.97 Å². The second kappa shape index (κ2) is 9.97. The van der Waals surface area contributed by atoms with Gasteiger partial charge in [0.25, 0.3) is 0 Å². The van der Waals surface area contributed by atoms with Crippen molar-refractivity contribution in [3.8, 4) is 5.75 Å². The molecule has 1 saturated heterocycles. The van der Waals surface area contributed by atoms with Gasteiger partial charge in [-0.05, 0) is 37.7 Å². The number of methoxy groups -OCH3 is 1. The highest BCUT2D eigenvalue weighted by atomic mass is 16.5. The van der Waals surface area contributed by atoms with Gasteiger partial charge < -0.3 is 20.3 Å². The standard InChI is InChI=1S/C25H30N6O2/c1-17(2)18-6-5-7-19(12-18)28-25-20-13-22(23(33-4)14-21(20)26-16-27-25)29-24(32)15-31-10-8-30(3)9-11-31/h5-7,12-14,16H,1,8-11,15H2,2-4H3,(H,29,32)(H,26,27,28). The van der Waals surface area contributed by atoms with E-state index in [2.05, 4.69) is 44.0 Å². The molecule has 2 N–H and O–H groups in total. The Labute approximate surface area is 194 Å². The van der Waals surface area contributed by atoms with Crippen LogP contribution in [-0.4, -0.2) is 72.6 Å². The van der Waals surface area contributed by atoms with Crippen molar-refractivity contribution >= 4 is 39.6 Å². The Bertz CT molecular complexity index is 1170. The molecule has 1 amide bonds. The molecule has 1 aliphatic heterocycles. The minimum atomic E-state index is -0.0716. The monoisotopic (exact) mass is 446 g/mol. The Morgan fingerprint density at radius 1 is 1.15 bits per heavy atom. The number of amides is 1. The molecule has 0 aliphatic carbocycles. The predicted molar refractivity (Wildman–Crippen MR) is 133 cm³/mol. The van der Waals surface area contributed by atoms with E-state index >= 15 is 0 Å². The maximum absolute atomic E-state index is 12.8. The summed E-state index contributed by atoms with van der Waals surface area (Å²) in [6, 6.07) is 11.7. The molecular formula is C25H30N6O2. The molecule has 8 nitrogen and oxygen atoms in total. The van der Waals surface area contributed by atoms with Gasteiger partial charge in [0.15, 0.2) is 0 Å². The lowest BCUT2D eigenvalue weighted by Gasteiger charge is -2.31. The Morgan fingerprint density at radius 3 is 2.67 bits per heavy atom. The third-order valence-corrected chi connectivity index (χ3v) is 5.81. The molecular weight excluding hydrogens is 416 g/mol. The molecule has 0 saturated carbocycles. The Kier molecular flexibility index (Phi) is 6.86. The van der Waals surface area contributed by atoms with Crippen molar-refractivity contribution in [1.82, 2.24) is 19.8 Å². The molecule has 0 unspecified atom stereocenters. The summed E-state index contributed by atoms with van der Waals surface area (Å²) >= 11 is 0. The van der Waals surface area contributed by atoms with Crippen molar-refractivity contribution in [3.05, 3.63) is 54.9 Å². The SMILES string of the molecule is C=C(C)c1cccc(Nc2ncnc3cc(OC)c(NC(=O)CN4CCN(C)CC4)cc23)c1. The molecule has 172 valence electrons. The minimum Gasteiger partial charge on any atom is -0.494 e. The fourth-order valence-corrected chi connectivity index (χ4v) is 3.85. The number of ether oxygens (including phenoxy) is 1. The first kappa shape index (κ1) is 22.7. The number of fused-ring (bicyclic) bond motifs is 1. The number of nitrogens with one attached hydrogen (secondary N) is 2. The lowest BCUT2D eigenvalue weighted by atomic mass is 10.1. The van der Waals surface area contributed by atoms with Gasteiger partial charge in [-0.1, -0.05) is 24.3 Å². The quantitative estimate of drug-likeness (QED) is 0.574. The molecule has 1 aliphatic rings. The summed E-state index contributed by atoms with van der Waals surface area (Å²) in [5, 5.41) is 7.17. The molecule has 0 spiro atoms. The van der Waals surface area contributed by atoms with Gasteiger partial charge in [-0.3, -0.25) is 9.69 Å². The Hall–Kier alpha value is -3.49. The number of hydrogen-bond acceptors (Lipinski definition) is 7. The summed E-state index contributed by atoms with van der Waals surface area (Å²) in [4.78, 5) is 26.0. The van der Waals surface area contributed by atoms with Crippen molar-refractivity contribution in [3.63, 3.8) is 0 Å². The third kappa shape index (κ3) is 5.47. The number of nitrogens with zero attached hydrogens (tertiary/aromatic N) is 4. The van der Waals surface area contributed by atoms with Crippen LogP contribution < -0.4 is 15.4 Å². The number of rotatable bonds is 7. The largest absolute Gasteiger partial charge is 0.494 e. The van der Waals surface area contributed by atoms with E-state index in [1.807, 2.05) is 43.3 Å². The van der Waals surface area contributed by atoms with Crippen LogP contribution in [0.5, 0.6) is 5.75 Å². The van der Waals surface area contributed by atoms with Gasteiger partial charge in [0, 0.05) is 43.3 Å². The molecule has 8 heteroatoms. The third-order valence-electron chi connectivity index (χ3n) is 5.81. The van der Waals surface area contributed by atoms with Gasteiger partial charge in [-0.2, -0.15) is 0 Å². The van der Waals surface area contributed by atoms with Gasteiger partial charge in [0.05, 0.1) is 24.9 Å². The van der Waals surface area contributed by atoms with Crippen LogP contribution in [0.25, 0.3) is 16.5 Å². The zero-order valence-electron chi connectivity index (χ0n) is 19.4. The smallest absolute Gasteiger partial charge is 0.238 e. The number of allylic oxidation sites excluding steroid dienone is 1. The molecule has 4 rings (SSSR count). The fraction of sp³-hybridized carbons (Fsp3) is 0.320. The Balaban J connectivity index is 1.59. The average molecular weight is 447 g/mol. The van der Waals surface area contributed by atoms with Crippen molar-refractivity contribution in [1.29, 1.82) is 0 Å². The Morgan fingerprint density at radius 2 is 1.94 bits per heavy atom. The second-order valence-corrected chi connectivity index (χ2v) is 8.41. The average Bonchev–Trinajstić information content (AvgIpc) is 2.80. The van der Waals surface area contributed by atoms with Crippen LogP contribution in [-0.2, 0) is 4.79 Å². The van der Waals surface area contributed by atoms with E-state index in [0.29, 0.717) is 23.8 Å². The number of aromatic nitrogens is 2. The highest BCUT2D eigenvalue weighted by Gasteiger charge is 2.18. The summed E-state index contributed by atoms with van der Waals surface area (Å²) in [5.74, 6) is 1.14. The van der Waals surface area contributed by atoms with Crippen LogP contribution in [0, 0.1) is 0 Å². The fourth-order valence-electron chi connectivity index (χ4n) is 3.85. The molecule has 0 radical (unpaired) electrons. The molecule has 33 heavy (non-hydrogen) atoms. The predicted octanol–water partition coefficient (Wildman–Crippen LogP) is 3.60. The van der Waals surface area contributed by atoms with Gasteiger partial charge >= 0.3 is 0 Å². The second-order valence-electron chi connectivity index (χ2n) is 8.41. The van der Waals surface area contributed by atoms with Crippen LogP contribution in [0.3, 0.4) is 0 Å². The maximum atomic E-state index is 12.8. The first-order chi connectivity index (χ1) is 15.9. The molecule has 0 bridgehead atoms. The highest BCUT2D eigenvalue weighted by molar-refractivity contribution is 6.00. The zero-order chi connectivity index (χ0) is 23.4. The van der Waals surface area contributed by atoms with E-state index in [-0.39, 0.29) is 5.91 Å². The number of piperazine rings is 1. The van der Waals surface area contributed by atoms with Crippen LogP contribution in [0.2, 0.25) is 0 Å². The highest BCUT2D eigenvalue weighted by Crippen LogP contribution is 2.33. The van der Waals surface area contributed by atoms with Crippen LogP contribution in [0.15, 0.2) is 49.3 Å². The summed E-state index contributed by atoms with van der Waals surface area (Å²) in [7, 11) is 3.68. The van der Waals surface area contributed by atoms with Crippen molar-refractivity contribution < 1.29 is 9.53 Å². The zero-order valence-corrected chi connectivity index (χ0v) is 19.4. The molecule has 2 aromatic carbocycles. The van der Waals surface area contributed by atoms with E-state index < -0.39 is 0 Å². The van der Waals surface area contributed by atoms with E-state index in [0.717, 1.165) is 53.9 Å². The number of likely N-dealkylation sites (N-methyl/N-ethyl adjacent to an activating group) is 1. The number of carbonyl (C=O) groups excluding carboxylic acids is 1. The van der Waals surface area contributed by atoms with Crippen molar-refractivity contribution in [2.24, 2.45) is 0 Å². The lowest BCUT2D eigenvalue weighted by Crippen LogP contribution is -2.47. The van der Waals surface area contributed by atoms with Gasteiger partial charge in [0.1, 0.15) is 17.9 Å². The van der Waals surface area contributed by atoms with Crippen LogP contribution in [0.1, 0.15) is 12.5 Å². The summed E-state index contributed by atoms with van der Waals surface area (Å²) in [6.45, 7) is 10.0. The number of benzene rings is 2. The molecule has 1 fully saturated rings. The first-order valence-corrected chi connectivity index (χ1v) is 11.0. The van der Waals surface area contributed by atoms with E-state index in [1.165, 1.54) is 6.33 Å². The number of anilines is 3. The van der Waals surface area contributed by atoms with E-state index in [4.69, 9.17) is 4.74 Å². The molecule has 1 aromatic heterocycles. The summed E-state index contributed by atoms with van der Waals surface area (Å²) in [6.07, 6.45) is 1.51.